The second kappa shape index (κ2) is 5.61. The first kappa shape index (κ1) is 12.6. The van der Waals surface area contributed by atoms with E-state index in [9.17, 15) is 9.00 Å². The molecule has 88 valence electrons. The van der Waals surface area contributed by atoms with E-state index in [1.807, 2.05) is 6.92 Å². The molecule has 0 aromatic heterocycles. The van der Waals surface area contributed by atoms with Crippen LogP contribution in [-0.2, 0) is 15.6 Å². The summed E-state index contributed by atoms with van der Waals surface area (Å²) in [6.45, 7) is 4.62. The Kier molecular flexibility index (Phi) is 4.73. The van der Waals surface area contributed by atoms with Crippen LogP contribution in [-0.4, -0.2) is 45.8 Å². The molecule has 0 spiro atoms. The number of hydrogen-bond donors (Lipinski definition) is 1. The van der Waals surface area contributed by atoms with E-state index >= 15 is 0 Å². The molecular formula is C10H20N2O2S. The molecule has 5 heteroatoms. The third-order valence-electron chi connectivity index (χ3n) is 2.67. The van der Waals surface area contributed by atoms with E-state index in [1.165, 1.54) is 0 Å². The second-order valence-corrected chi connectivity index (χ2v) is 5.58. The zero-order valence-electron chi connectivity index (χ0n) is 9.66. The molecule has 0 aromatic rings. The van der Waals surface area contributed by atoms with Gasteiger partial charge in [0.2, 0.25) is 5.91 Å². The Labute approximate surface area is 93.9 Å². The van der Waals surface area contributed by atoms with Crippen LogP contribution in [0.3, 0.4) is 0 Å². The van der Waals surface area contributed by atoms with E-state index in [-0.39, 0.29) is 18.0 Å². The minimum Gasteiger partial charge on any atom is -0.325 e. The number of nitrogens with one attached hydrogen (secondary N) is 1. The zero-order chi connectivity index (χ0) is 11.4. The molecule has 0 saturated carbocycles. The highest BCUT2D eigenvalue weighted by molar-refractivity contribution is 7.84. The number of hydrogen-bond acceptors (Lipinski definition) is 3. The summed E-state index contributed by atoms with van der Waals surface area (Å²) in [5.74, 6) is 0.724. The molecule has 3 atom stereocenters. The van der Waals surface area contributed by atoms with Crippen LogP contribution in [0.1, 0.15) is 26.7 Å². The van der Waals surface area contributed by atoms with Gasteiger partial charge >= 0.3 is 0 Å². The van der Waals surface area contributed by atoms with Crippen molar-refractivity contribution in [2.24, 2.45) is 0 Å². The lowest BCUT2D eigenvalue weighted by atomic mass is 10.1. The Morgan fingerprint density at radius 1 is 1.67 bits per heavy atom. The van der Waals surface area contributed by atoms with Crippen molar-refractivity contribution in [3.8, 4) is 0 Å². The highest BCUT2D eigenvalue weighted by atomic mass is 32.2. The Morgan fingerprint density at radius 3 is 2.87 bits per heavy atom. The summed E-state index contributed by atoms with van der Waals surface area (Å²) >= 11 is 0. The summed E-state index contributed by atoms with van der Waals surface area (Å²) in [4.78, 5) is 13.7. The fraction of sp³-hybridized carbons (Fsp3) is 0.900. The lowest BCUT2D eigenvalue weighted by molar-refractivity contribution is -0.130. The van der Waals surface area contributed by atoms with Crippen LogP contribution >= 0.6 is 0 Å². The minimum absolute atomic E-state index is 0.0252. The van der Waals surface area contributed by atoms with Crippen molar-refractivity contribution in [1.82, 2.24) is 10.2 Å². The lowest BCUT2D eigenvalue weighted by Crippen LogP contribution is -2.39. The lowest BCUT2D eigenvalue weighted by Gasteiger charge is -2.22. The SMILES string of the molecule is CCCC1NCN(C(C)CS(C)=O)C1=O. The largest absolute Gasteiger partial charge is 0.325 e. The van der Waals surface area contributed by atoms with Gasteiger partial charge in [-0.1, -0.05) is 13.3 Å². The van der Waals surface area contributed by atoms with Crippen LogP contribution in [0, 0.1) is 0 Å². The van der Waals surface area contributed by atoms with Gasteiger partial charge < -0.3 is 4.90 Å². The van der Waals surface area contributed by atoms with Crippen molar-refractivity contribution in [3.63, 3.8) is 0 Å². The molecule has 0 radical (unpaired) electrons. The third kappa shape index (κ3) is 3.28. The van der Waals surface area contributed by atoms with Crippen LogP contribution in [0.25, 0.3) is 0 Å². The highest BCUT2D eigenvalue weighted by Crippen LogP contribution is 2.12. The van der Waals surface area contributed by atoms with Crippen molar-refractivity contribution in [3.05, 3.63) is 0 Å². The van der Waals surface area contributed by atoms with Crippen LogP contribution < -0.4 is 5.32 Å². The maximum atomic E-state index is 11.9. The molecule has 15 heavy (non-hydrogen) atoms. The molecule has 1 amide bonds. The molecule has 1 rings (SSSR count). The van der Waals surface area contributed by atoms with Crippen molar-refractivity contribution in [2.45, 2.75) is 38.8 Å². The predicted octanol–water partition coefficient (Wildman–Crippen LogP) is 0.311. The van der Waals surface area contributed by atoms with Gasteiger partial charge in [-0.25, -0.2) is 0 Å². The summed E-state index contributed by atoms with van der Waals surface area (Å²) in [5, 5.41) is 3.19. The van der Waals surface area contributed by atoms with E-state index in [4.69, 9.17) is 0 Å². The summed E-state index contributed by atoms with van der Waals surface area (Å²) in [6.07, 6.45) is 3.57. The monoisotopic (exact) mass is 232 g/mol. The first-order chi connectivity index (χ1) is 7.06. The van der Waals surface area contributed by atoms with Gasteiger partial charge in [-0.15, -0.1) is 0 Å². The van der Waals surface area contributed by atoms with Gasteiger partial charge in [-0.3, -0.25) is 14.3 Å². The van der Waals surface area contributed by atoms with E-state index in [0.717, 1.165) is 12.8 Å². The fourth-order valence-electron chi connectivity index (χ4n) is 1.89. The first-order valence-electron chi connectivity index (χ1n) is 5.40. The number of rotatable bonds is 5. The molecule has 1 aliphatic rings. The van der Waals surface area contributed by atoms with Gasteiger partial charge in [0.05, 0.1) is 12.7 Å². The number of carbonyl (C=O) groups is 1. The first-order valence-corrected chi connectivity index (χ1v) is 7.12. The summed E-state index contributed by atoms with van der Waals surface area (Å²) < 4.78 is 11.1. The van der Waals surface area contributed by atoms with Crippen LogP contribution in [0.15, 0.2) is 0 Å². The third-order valence-corrected chi connectivity index (χ3v) is 3.63. The number of amides is 1. The molecule has 0 bridgehead atoms. The standard InChI is InChI=1S/C10H20N2O2S/c1-4-5-9-10(13)12(7-11-9)8(2)6-15(3)14/h8-9,11H,4-7H2,1-3H3. The number of nitrogens with zero attached hydrogens (tertiary/aromatic N) is 1. The highest BCUT2D eigenvalue weighted by Gasteiger charge is 2.33. The maximum absolute atomic E-state index is 11.9. The van der Waals surface area contributed by atoms with Gasteiger partial charge in [0.25, 0.3) is 0 Å². The summed E-state index contributed by atoms with van der Waals surface area (Å²) in [6, 6.07) is 0.0421. The summed E-state index contributed by atoms with van der Waals surface area (Å²) in [5.41, 5.74) is 0. The van der Waals surface area contributed by atoms with Crippen molar-refractivity contribution in [2.75, 3.05) is 18.7 Å². The topological polar surface area (TPSA) is 49.4 Å². The second-order valence-electron chi connectivity index (χ2n) is 4.10. The summed E-state index contributed by atoms with van der Waals surface area (Å²) in [7, 11) is -0.843. The van der Waals surface area contributed by atoms with E-state index in [1.54, 1.807) is 11.2 Å². The molecular weight excluding hydrogens is 212 g/mol. The molecule has 0 aliphatic carbocycles. The average molecular weight is 232 g/mol. The molecule has 4 nitrogen and oxygen atoms in total. The Bertz CT molecular complexity index is 258. The van der Waals surface area contributed by atoms with Gasteiger partial charge in [0.15, 0.2) is 0 Å². The smallest absolute Gasteiger partial charge is 0.241 e. The molecule has 1 heterocycles. The molecule has 1 fully saturated rings. The average Bonchev–Trinajstić information content (AvgIpc) is 2.48. The Hall–Kier alpha value is -0.420. The van der Waals surface area contributed by atoms with Crippen LogP contribution in [0.2, 0.25) is 0 Å². The predicted molar refractivity (Wildman–Crippen MR) is 61.9 cm³/mol. The van der Waals surface area contributed by atoms with Crippen molar-refractivity contribution >= 4 is 16.7 Å². The molecule has 3 unspecified atom stereocenters. The van der Waals surface area contributed by atoms with Crippen LogP contribution in [0.4, 0.5) is 0 Å². The number of carbonyl (C=O) groups excluding carboxylic acids is 1. The zero-order valence-corrected chi connectivity index (χ0v) is 10.5. The normalized spacial score (nSPS) is 25.7. The molecule has 1 aliphatic heterocycles. The van der Waals surface area contributed by atoms with E-state index in [0.29, 0.717) is 12.4 Å². The molecule has 1 N–H and O–H groups in total. The van der Waals surface area contributed by atoms with Crippen LogP contribution in [0.5, 0.6) is 0 Å². The van der Waals surface area contributed by atoms with Gasteiger partial charge in [-0.05, 0) is 13.3 Å². The van der Waals surface area contributed by atoms with Gasteiger partial charge in [0.1, 0.15) is 0 Å². The Balaban J connectivity index is 2.51. The van der Waals surface area contributed by atoms with Gasteiger partial charge in [0, 0.05) is 28.9 Å². The van der Waals surface area contributed by atoms with E-state index in [2.05, 4.69) is 12.2 Å². The minimum atomic E-state index is -0.843. The quantitative estimate of drug-likeness (QED) is 0.742. The van der Waals surface area contributed by atoms with Crippen molar-refractivity contribution in [1.29, 1.82) is 0 Å². The Morgan fingerprint density at radius 2 is 2.33 bits per heavy atom. The van der Waals surface area contributed by atoms with Gasteiger partial charge in [-0.2, -0.15) is 0 Å². The van der Waals surface area contributed by atoms with Crippen molar-refractivity contribution < 1.29 is 9.00 Å². The molecule has 0 aromatic carbocycles. The fourth-order valence-corrected chi connectivity index (χ4v) is 2.75. The maximum Gasteiger partial charge on any atom is 0.241 e. The molecule has 1 saturated heterocycles. The van der Waals surface area contributed by atoms with E-state index < -0.39 is 10.8 Å².